The van der Waals surface area contributed by atoms with Crippen LogP contribution in [0.15, 0.2) is 55.6 Å². The second kappa shape index (κ2) is 12.9. The van der Waals surface area contributed by atoms with Crippen molar-refractivity contribution >= 4 is 29.5 Å². The third kappa shape index (κ3) is 5.54. The molecule has 4 heterocycles. The van der Waals surface area contributed by atoms with Gasteiger partial charge >= 0.3 is 0 Å². The van der Waals surface area contributed by atoms with Crippen LogP contribution in [0.2, 0.25) is 0 Å². The van der Waals surface area contributed by atoms with Crippen molar-refractivity contribution in [1.29, 1.82) is 0 Å². The molecule has 5 atom stereocenters. The SMILES string of the molecule is C=CCN(CCN1CCOCC1)C(=O)C1N(CCO)C(=O)[C@@H]2[C@H](C(=O)N(CC=C)Cc3ccccc3)[C@]3(C)CCC12S3. The van der Waals surface area contributed by atoms with Crippen LogP contribution in [0.1, 0.15) is 25.3 Å². The largest absolute Gasteiger partial charge is 0.395 e. The highest BCUT2D eigenvalue weighted by Crippen LogP contribution is 2.71. The zero-order valence-electron chi connectivity index (χ0n) is 24.7. The molecule has 9 nitrogen and oxygen atoms in total. The number of nitrogens with zero attached hydrogens (tertiary/aromatic N) is 4. The normalized spacial score (nSPS) is 30.3. The number of hydrogen-bond acceptors (Lipinski definition) is 7. The number of carbonyl (C=O) groups is 3. The summed E-state index contributed by atoms with van der Waals surface area (Å²) in [5.41, 5.74) is 1.01. The molecule has 228 valence electrons. The fourth-order valence-corrected chi connectivity index (χ4v) is 9.87. The van der Waals surface area contributed by atoms with E-state index in [4.69, 9.17) is 4.74 Å². The molecule has 0 aromatic heterocycles. The van der Waals surface area contributed by atoms with E-state index in [2.05, 4.69) is 25.0 Å². The number of likely N-dealkylation sites (tertiary alicyclic amines) is 1. The molecule has 0 radical (unpaired) electrons. The van der Waals surface area contributed by atoms with Gasteiger partial charge in [0.2, 0.25) is 17.7 Å². The summed E-state index contributed by atoms with van der Waals surface area (Å²) < 4.78 is 4.29. The van der Waals surface area contributed by atoms with Crippen LogP contribution in [0.3, 0.4) is 0 Å². The number of β-amino-alcohol motifs (C(OH)–C–C–N with tert-alkyl or cyclic N) is 1. The third-order valence-electron chi connectivity index (χ3n) is 9.45. The highest BCUT2D eigenvalue weighted by atomic mass is 32.2. The maximum atomic E-state index is 14.5. The van der Waals surface area contributed by atoms with Crippen molar-refractivity contribution in [3.63, 3.8) is 0 Å². The Balaban J connectivity index is 1.45. The predicted octanol–water partition coefficient (Wildman–Crippen LogP) is 2.02. The van der Waals surface area contributed by atoms with Crippen molar-refractivity contribution in [2.45, 2.75) is 41.8 Å². The van der Waals surface area contributed by atoms with Gasteiger partial charge in [0.15, 0.2) is 0 Å². The molecule has 3 amide bonds. The van der Waals surface area contributed by atoms with Crippen LogP contribution in [-0.2, 0) is 25.7 Å². The van der Waals surface area contributed by atoms with E-state index in [-0.39, 0.29) is 30.9 Å². The van der Waals surface area contributed by atoms with Crippen molar-refractivity contribution in [2.75, 3.05) is 65.6 Å². The summed E-state index contributed by atoms with van der Waals surface area (Å²) in [6.07, 6.45) is 4.88. The van der Waals surface area contributed by atoms with Gasteiger partial charge in [0.1, 0.15) is 6.04 Å². The summed E-state index contributed by atoms with van der Waals surface area (Å²) in [5, 5.41) is 9.99. The van der Waals surface area contributed by atoms with Gasteiger partial charge in [-0.05, 0) is 25.3 Å². The Morgan fingerprint density at radius 2 is 1.76 bits per heavy atom. The van der Waals surface area contributed by atoms with Crippen LogP contribution < -0.4 is 0 Å². The van der Waals surface area contributed by atoms with Gasteiger partial charge in [-0.1, -0.05) is 42.5 Å². The first kappa shape index (κ1) is 30.8. The predicted molar refractivity (Wildman–Crippen MR) is 164 cm³/mol. The van der Waals surface area contributed by atoms with E-state index in [0.29, 0.717) is 52.4 Å². The molecule has 4 saturated heterocycles. The Bertz CT molecular complexity index is 1180. The lowest BCUT2D eigenvalue weighted by Crippen LogP contribution is -2.56. The molecule has 5 rings (SSSR count). The number of aliphatic hydroxyl groups is 1. The van der Waals surface area contributed by atoms with Gasteiger partial charge in [-0.25, -0.2) is 0 Å². The molecule has 1 aromatic carbocycles. The molecule has 1 N–H and O–H groups in total. The number of fused-ring (bicyclic) bond motifs is 1. The van der Waals surface area contributed by atoms with E-state index in [1.165, 1.54) is 0 Å². The lowest BCUT2D eigenvalue weighted by Gasteiger charge is -2.38. The number of thioether (sulfide) groups is 1. The van der Waals surface area contributed by atoms with Crippen LogP contribution in [0.25, 0.3) is 0 Å². The zero-order valence-corrected chi connectivity index (χ0v) is 25.5. The molecule has 1 spiro atoms. The summed E-state index contributed by atoms with van der Waals surface area (Å²) >= 11 is 1.66. The molecule has 4 aliphatic rings. The first-order valence-corrected chi connectivity index (χ1v) is 15.9. The molecule has 2 bridgehead atoms. The van der Waals surface area contributed by atoms with Gasteiger partial charge in [-0.15, -0.1) is 24.9 Å². The van der Waals surface area contributed by atoms with Gasteiger partial charge in [0, 0.05) is 57.1 Å². The lowest BCUT2D eigenvalue weighted by atomic mass is 9.66. The summed E-state index contributed by atoms with van der Waals surface area (Å²) in [6.45, 7) is 15.1. The van der Waals surface area contributed by atoms with Gasteiger partial charge in [-0.2, -0.15) is 0 Å². The lowest BCUT2D eigenvalue weighted by molar-refractivity contribution is -0.146. The number of morpholine rings is 1. The molecule has 0 saturated carbocycles. The number of amides is 3. The van der Waals surface area contributed by atoms with Crippen molar-refractivity contribution in [3.05, 3.63) is 61.2 Å². The average molecular weight is 597 g/mol. The van der Waals surface area contributed by atoms with Crippen LogP contribution in [0.4, 0.5) is 0 Å². The molecule has 2 unspecified atom stereocenters. The zero-order chi connectivity index (χ0) is 29.9. The molecule has 0 aliphatic carbocycles. The summed E-state index contributed by atoms with van der Waals surface area (Å²) in [5.74, 6) is -1.57. The van der Waals surface area contributed by atoms with Crippen molar-refractivity contribution in [3.8, 4) is 0 Å². The van der Waals surface area contributed by atoms with Crippen molar-refractivity contribution in [2.24, 2.45) is 11.8 Å². The van der Waals surface area contributed by atoms with Gasteiger partial charge in [-0.3, -0.25) is 19.3 Å². The second-order valence-corrected chi connectivity index (χ2v) is 13.9. The van der Waals surface area contributed by atoms with Crippen LogP contribution >= 0.6 is 11.8 Å². The van der Waals surface area contributed by atoms with Gasteiger partial charge in [0.25, 0.3) is 0 Å². The molecule has 1 aromatic rings. The topological polar surface area (TPSA) is 93.6 Å². The fraction of sp³-hybridized carbons (Fsp3) is 0.594. The number of benzene rings is 1. The molecular weight excluding hydrogens is 552 g/mol. The van der Waals surface area contributed by atoms with Gasteiger partial charge < -0.3 is 24.5 Å². The Morgan fingerprint density at radius 3 is 2.43 bits per heavy atom. The van der Waals surface area contributed by atoms with Crippen molar-refractivity contribution in [1.82, 2.24) is 19.6 Å². The van der Waals surface area contributed by atoms with E-state index < -0.39 is 27.4 Å². The van der Waals surface area contributed by atoms with Gasteiger partial charge in [0.05, 0.1) is 36.4 Å². The molecule has 42 heavy (non-hydrogen) atoms. The number of ether oxygens (including phenoxy) is 1. The van der Waals surface area contributed by atoms with Crippen LogP contribution in [0, 0.1) is 11.8 Å². The monoisotopic (exact) mass is 596 g/mol. The van der Waals surface area contributed by atoms with Crippen LogP contribution in [0.5, 0.6) is 0 Å². The van der Waals surface area contributed by atoms with Crippen molar-refractivity contribution < 1.29 is 24.2 Å². The number of carbonyl (C=O) groups excluding carboxylic acids is 3. The van der Waals surface area contributed by atoms with E-state index in [0.717, 1.165) is 25.1 Å². The first-order valence-electron chi connectivity index (χ1n) is 15.0. The summed E-state index contributed by atoms with van der Waals surface area (Å²) in [7, 11) is 0. The molecule has 4 aliphatic heterocycles. The van der Waals surface area contributed by atoms with E-state index in [1.54, 1.807) is 38.6 Å². The quantitative estimate of drug-likeness (QED) is 0.349. The summed E-state index contributed by atoms with van der Waals surface area (Å²) in [4.78, 5) is 50.6. The summed E-state index contributed by atoms with van der Waals surface area (Å²) in [6, 6.07) is 9.09. The highest BCUT2D eigenvalue weighted by molar-refractivity contribution is 8.02. The molecule has 4 fully saturated rings. The van der Waals surface area contributed by atoms with Crippen LogP contribution in [-0.4, -0.2) is 124 Å². The van der Waals surface area contributed by atoms with E-state index >= 15 is 0 Å². The standard InChI is InChI=1S/C32H44N4O5S/c1-4-13-34(16-15-33-18-21-41-22-19-33)30(40)27-32-12-11-31(3,42-32)25(26(32)29(39)36(27)17-20-37)28(38)35(14-5-2)23-24-9-7-6-8-10-24/h4-10,25-27,37H,1-2,11-23H2,3H3/t25-,26+,27?,31+,32?/m1/s1. The Labute approximate surface area is 253 Å². The minimum atomic E-state index is -0.738. The highest BCUT2D eigenvalue weighted by Gasteiger charge is 2.77. The first-order chi connectivity index (χ1) is 20.3. The Hall–Kier alpha value is -2.66. The Kier molecular flexibility index (Phi) is 9.47. The second-order valence-electron chi connectivity index (χ2n) is 12.0. The molecule has 10 heteroatoms. The fourth-order valence-electron chi connectivity index (χ4n) is 7.53. The smallest absolute Gasteiger partial charge is 0.247 e. The minimum absolute atomic E-state index is 0.0669. The third-order valence-corrected chi connectivity index (χ3v) is 11.4. The Morgan fingerprint density at radius 1 is 1.07 bits per heavy atom. The molecular formula is C32H44N4O5S. The maximum Gasteiger partial charge on any atom is 0.247 e. The number of aliphatic hydroxyl groups excluding tert-OH is 1. The average Bonchev–Trinajstić information content (AvgIpc) is 3.56. The van der Waals surface area contributed by atoms with E-state index in [1.807, 2.05) is 30.3 Å². The number of rotatable bonds is 13. The van der Waals surface area contributed by atoms with E-state index in [9.17, 15) is 19.5 Å². The maximum absolute atomic E-state index is 14.5. The minimum Gasteiger partial charge on any atom is -0.395 e. The number of hydrogen-bond donors (Lipinski definition) is 1.